The number of benzene rings is 2. The number of hydrogen-bond acceptors (Lipinski definition) is 6. The first-order valence-corrected chi connectivity index (χ1v) is 10.3. The van der Waals surface area contributed by atoms with Crippen molar-refractivity contribution in [2.75, 3.05) is 6.79 Å². The predicted octanol–water partition coefficient (Wildman–Crippen LogP) is 4.76. The zero-order chi connectivity index (χ0) is 20.3. The number of hydrogen-bond donors (Lipinski definition) is 0. The SMILES string of the molecule is Cc1ccc(-c2csc(=Nc3cccnc3)n2N=Cc2ccc3c(c2)OCO3)cc1. The molecule has 148 valence electrons. The molecule has 0 atom stereocenters. The molecule has 2 aromatic heterocycles. The van der Waals surface area contributed by atoms with Crippen molar-refractivity contribution in [3.8, 4) is 22.8 Å². The van der Waals surface area contributed by atoms with Gasteiger partial charge in [0.05, 0.1) is 23.8 Å². The third-order valence-electron chi connectivity index (χ3n) is 4.62. The third-order valence-corrected chi connectivity index (χ3v) is 5.44. The molecule has 0 spiro atoms. The van der Waals surface area contributed by atoms with Crippen LogP contribution in [0.4, 0.5) is 5.69 Å². The van der Waals surface area contributed by atoms with Crippen molar-refractivity contribution in [3.05, 3.63) is 88.3 Å². The van der Waals surface area contributed by atoms with E-state index in [-0.39, 0.29) is 6.79 Å². The summed E-state index contributed by atoms with van der Waals surface area (Å²) < 4.78 is 12.7. The van der Waals surface area contributed by atoms with Gasteiger partial charge in [0.25, 0.3) is 0 Å². The second-order valence-corrected chi connectivity index (χ2v) is 7.60. The minimum absolute atomic E-state index is 0.251. The van der Waals surface area contributed by atoms with Gasteiger partial charge in [0.2, 0.25) is 11.6 Å². The lowest BCUT2D eigenvalue weighted by Gasteiger charge is -2.04. The molecule has 3 heterocycles. The summed E-state index contributed by atoms with van der Waals surface area (Å²) in [6.45, 7) is 2.33. The maximum absolute atomic E-state index is 5.47. The molecule has 4 aromatic rings. The first-order valence-electron chi connectivity index (χ1n) is 9.43. The van der Waals surface area contributed by atoms with Crippen molar-refractivity contribution < 1.29 is 9.47 Å². The molecule has 0 saturated heterocycles. The highest BCUT2D eigenvalue weighted by Crippen LogP contribution is 2.32. The summed E-state index contributed by atoms with van der Waals surface area (Å²) >= 11 is 1.54. The van der Waals surface area contributed by atoms with Gasteiger partial charge in [0, 0.05) is 17.1 Å². The average molecular weight is 414 g/mol. The van der Waals surface area contributed by atoms with Gasteiger partial charge in [0.15, 0.2) is 11.5 Å². The van der Waals surface area contributed by atoms with Gasteiger partial charge in [-0.1, -0.05) is 29.8 Å². The third kappa shape index (κ3) is 3.75. The fourth-order valence-electron chi connectivity index (χ4n) is 3.06. The number of pyridine rings is 1. The van der Waals surface area contributed by atoms with E-state index in [1.54, 1.807) is 18.6 Å². The van der Waals surface area contributed by atoms with Crippen LogP contribution < -0.4 is 14.3 Å². The molecule has 1 aliphatic rings. The molecule has 6 nitrogen and oxygen atoms in total. The van der Waals surface area contributed by atoms with Gasteiger partial charge in [-0.3, -0.25) is 4.98 Å². The molecule has 1 aliphatic heterocycles. The van der Waals surface area contributed by atoms with Crippen molar-refractivity contribution in [2.24, 2.45) is 10.1 Å². The van der Waals surface area contributed by atoms with Crippen LogP contribution in [0, 0.1) is 6.92 Å². The summed E-state index contributed by atoms with van der Waals surface area (Å²) in [6, 6.07) is 17.9. The second kappa shape index (κ2) is 7.96. The molecule has 2 aromatic carbocycles. The first-order chi connectivity index (χ1) is 14.8. The summed E-state index contributed by atoms with van der Waals surface area (Å²) in [6.07, 6.45) is 5.27. The lowest BCUT2D eigenvalue weighted by molar-refractivity contribution is 0.174. The number of rotatable bonds is 4. The van der Waals surface area contributed by atoms with Gasteiger partial charge in [-0.05, 0) is 42.8 Å². The van der Waals surface area contributed by atoms with E-state index in [1.807, 2.05) is 35.0 Å². The molecule has 0 N–H and O–H groups in total. The normalized spacial score (nSPS) is 13.3. The van der Waals surface area contributed by atoms with Crippen LogP contribution in [0.25, 0.3) is 11.3 Å². The largest absolute Gasteiger partial charge is 0.454 e. The zero-order valence-electron chi connectivity index (χ0n) is 16.2. The minimum Gasteiger partial charge on any atom is -0.454 e. The van der Waals surface area contributed by atoms with Crippen LogP contribution in [0.2, 0.25) is 0 Å². The van der Waals surface area contributed by atoms with Gasteiger partial charge >= 0.3 is 0 Å². The fourth-order valence-corrected chi connectivity index (χ4v) is 3.92. The summed E-state index contributed by atoms with van der Waals surface area (Å²) in [5, 5.41) is 6.81. The summed E-state index contributed by atoms with van der Waals surface area (Å²) in [5.41, 5.74) is 4.96. The molecule has 7 heteroatoms. The van der Waals surface area contributed by atoms with E-state index in [2.05, 4.69) is 41.6 Å². The van der Waals surface area contributed by atoms with Crippen LogP contribution in [0.15, 0.2) is 82.5 Å². The zero-order valence-corrected chi connectivity index (χ0v) is 17.0. The van der Waals surface area contributed by atoms with Crippen LogP contribution in [0.5, 0.6) is 11.5 Å². The number of nitrogens with zero attached hydrogens (tertiary/aromatic N) is 4. The molecule has 30 heavy (non-hydrogen) atoms. The predicted molar refractivity (Wildman–Crippen MR) is 117 cm³/mol. The fraction of sp³-hybridized carbons (Fsp3) is 0.0870. The highest BCUT2D eigenvalue weighted by molar-refractivity contribution is 7.07. The number of aromatic nitrogens is 2. The van der Waals surface area contributed by atoms with Crippen LogP contribution in [-0.4, -0.2) is 22.7 Å². The van der Waals surface area contributed by atoms with E-state index in [4.69, 9.17) is 19.6 Å². The maximum atomic E-state index is 5.47. The van der Waals surface area contributed by atoms with E-state index in [0.29, 0.717) is 0 Å². The first kappa shape index (κ1) is 18.3. The number of thiazole rings is 1. The van der Waals surface area contributed by atoms with Gasteiger partial charge in [-0.25, -0.2) is 9.67 Å². The minimum atomic E-state index is 0.251. The van der Waals surface area contributed by atoms with Crippen molar-refractivity contribution in [1.29, 1.82) is 0 Å². The molecule has 0 aliphatic carbocycles. The highest BCUT2D eigenvalue weighted by Gasteiger charge is 2.13. The van der Waals surface area contributed by atoms with Crippen LogP contribution in [-0.2, 0) is 0 Å². The Morgan fingerprint density at radius 1 is 1.07 bits per heavy atom. The Labute approximate surface area is 177 Å². The van der Waals surface area contributed by atoms with Crippen molar-refractivity contribution in [3.63, 3.8) is 0 Å². The van der Waals surface area contributed by atoms with Crippen LogP contribution in [0.1, 0.15) is 11.1 Å². The summed E-state index contributed by atoms with van der Waals surface area (Å²) in [5.74, 6) is 1.48. The molecule has 0 bridgehead atoms. The Morgan fingerprint density at radius 3 is 2.77 bits per heavy atom. The maximum Gasteiger partial charge on any atom is 0.231 e. The van der Waals surface area contributed by atoms with Gasteiger partial charge in [0.1, 0.15) is 0 Å². The lowest BCUT2D eigenvalue weighted by atomic mass is 10.1. The Bertz CT molecular complexity index is 1270. The Hall–Kier alpha value is -3.71. The summed E-state index contributed by atoms with van der Waals surface area (Å²) in [4.78, 5) is 9.64. The molecule has 0 fully saturated rings. The molecular formula is C23H18N4O2S. The average Bonchev–Trinajstić information content (AvgIpc) is 3.40. The van der Waals surface area contributed by atoms with Crippen LogP contribution in [0.3, 0.4) is 0 Å². The molecule has 0 unspecified atom stereocenters. The van der Waals surface area contributed by atoms with E-state index >= 15 is 0 Å². The molecule has 0 saturated carbocycles. The number of aryl methyl sites for hydroxylation is 1. The quantitative estimate of drug-likeness (QED) is 0.452. The molecule has 0 radical (unpaired) electrons. The Morgan fingerprint density at radius 2 is 1.93 bits per heavy atom. The molecule has 5 rings (SSSR count). The van der Waals surface area contributed by atoms with E-state index < -0.39 is 0 Å². The van der Waals surface area contributed by atoms with Gasteiger partial charge in [-0.2, -0.15) is 5.10 Å². The Kier molecular flexibility index (Phi) is 4.86. The highest BCUT2D eigenvalue weighted by atomic mass is 32.1. The monoisotopic (exact) mass is 414 g/mol. The smallest absolute Gasteiger partial charge is 0.231 e. The van der Waals surface area contributed by atoms with E-state index in [0.717, 1.165) is 38.8 Å². The number of ether oxygens (including phenoxy) is 2. The second-order valence-electron chi connectivity index (χ2n) is 6.76. The number of fused-ring (bicyclic) bond motifs is 1. The van der Waals surface area contributed by atoms with Gasteiger partial charge < -0.3 is 9.47 Å². The van der Waals surface area contributed by atoms with Crippen molar-refractivity contribution >= 4 is 23.2 Å². The topological polar surface area (TPSA) is 61.0 Å². The van der Waals surface area contributed by atoms with E-state index in [9.17, 15) is 0 Å². The van der Waals surface area contributed by atoms with E-state index in [1.165, 1.54) is 16.9 Å². The van der Waals surface area contributed by atoms with Crippen LogP contribution >= 0.6 is 11.3 Å². The molecular weight excluding hydrogens is 396 g/mol. The lowest BCUT2D eigenvalue weighted by Crippen LogP contribution is -2.11. The van der Waals surface area contributed by atoms with Crippen molar-refractivity contribution in [2.45, 2.75) is 6.92 Å². The van der Waals surface area contributed by atoms with Crippen molar-refractivity contribution in [1.82, 2.24) is 9.66 Å². The molecule has 0 amide bonds. The van der Waals surface area contributed by atoms with Gasteiger partial charge in [-0.15, -0.1) is 11.3 Å². The Balaban J connectivity index is 1.59. The standard InChI is InChI=1S/C23H18N4O2S/c1-16-4-7-18(8-5-16)20-14-30-23(26-19-3-2-10-24-13-19)27(20)25-12-17-6-9-21-22(11-17)29-15-28-21/h2-14H,15H2,1H3. The summed E-state index contributed by atoms with van der Waals surface area (Å²) in [7, 11) is 0.